The maximum atomic E-state index is 6.10. The van der Waals surface area contributed by atoms with Crippen LogP contribution in [0.2, 0.25) is 0 Å². The fourth-order valence-electron chi connectivity index (χ4n) is 3.58. The lowest BCUT2D eigenvalue weighted by Crippen LogP contribution is -2.56. The second-order valence-corrected chi connectivity index (χ2v) is 6.12. The summed E-state index contributed by atoms with van der Waals surface area (Å²) < 4.78 is 6.10. The van der Waals surface area contributed by atoms with Crippen molar-refractivity contribution >= 4 is 0 Å². The third-order valence-electron chi connectivity index (χ3n) is 4.76. The summed E-state index contributed by atoms with van der Waals surface area (Å²) in [5.74, 6) is 0.896. The zero-order valence-corrected chi connectivity index (χ0v) is 11.8. The Morgan fingerprint density at radius 2 is 2.05 bits per heavy atom. The zero-order valence-electron chi connectivity index (χ0n) is 11.8. The van der Waals surface area contributed by atoms with Crippen molar-refractivity contribution in [1.82, 2.24) is 5.32 Å². The lowest BCUT2D eigenvalue weighted by Gasteiger charge is -2.43. The van der Waals surface area contributed by atoms with Gasteiger partial charge in [-0.05, 0) is 37.2 Å². The zero-order chi connectivity index (χ0) is 13.1. The summed E-state index contributed by atoms with van der Waals surface area (Å²) >= 11 is 0. The third-order valence-corrected chi connectivity index (χ3v) is 4.76. The van der Waals surface area contributed by atoms with Gasteiger partial charge in [0, 0.05) is 12.1 Å². The van der Waals surface area contributed by atoms with E-state index in [2.05, 4.69) is 42.6 Å². The summed E-state index contributed by atoms with van der Waals surface area (Å²) in [5.41, 5.74) is 1.41. The molecule has 1 aromatic carbocycles. The average molecular weight is 259 g/mol. The Bertz CT molecular complexity index is 392. The molecular formula is C17H25NO. The molecule has 19 heavy (non-hydrogen) atoms. The number of fused-ring (bicyclic) bond motifs is 1. The van der Waals surface area contributed by atoms with E-state index in [1.807, 2.05) is 0 Å². The first-order valence-electron chi connectivity index (χ1n) is 7.76. The van der Waals surface area contributed by atoms with E-state index in [9.17, 15) is 0 Å². The van der Waals surface area contributed by atoms with Crippen molar-refractivity contribution in [1.29, 1.82) is 0 Å². The van der Waals surface area contributed by atoms with E-state index in [4.69, 9.17) is 4.74 Å². The predicted octanol–water partition coefficient (Wildman–Crippen LogP) is 3.16. The van der Waals surface area contributed by atoms with Crippen LogP contribution in [0.5, 0.6) is 0 Å². The minimum atomic E-state index is 0.467. The van der Waals surface area contributed by atoms with Gasteiger partial charge in [-0.3, -0.25) is 0 Å². The van der Waals surface area contributed by atoms with Gasteiger partial charge < -0.3 is 10.1 Å². The number of hydrogen-bond donors (Lipinski definition) is 1. The van der Waals surface area contributed by atoms with Gasteiger partial charge in [-0.1, -0.05) is 43.7 Å². The lowest BCUT2D eigenvalue weighted by atomic mass is 9.81. The molecule has 0 spiro atoms. The van der Waals surface area contributed by atoms with Crippen LogP contribution in [0, 0.1) is 5.92 Å². The van der Waals surface area contributed by atoms with Crippen molar-refractivity contribution < 1.29 is 4.74 Å². The maximum Gasteiger partial charge on any atom is 0.0729 e. The Morgan fingerprint density at radius 3 is 2.84 bits per heavy atom. The number of benzene rings is 1. The summed E-state index contributed by atoms with van der Waals surface area (Å²) in [6.07, 6.45) is 6.76. The standard InChI is InChI=1S/C17H25NO/c1-2-13-8-9-17-16(11-13)18-15(12-19-17)10-14-6-4-3-5-7-14/h3-7,13,15-18H,2,8-12H2,1H3. The Balaban J connectivity index is 1.58. The van der Waals surface area contributed by atoms with E-state index < -0.39 is 0 Å². The quantitative estimate of drug-likeness (QED) is 0.900. The van der Waals surface area contributed by atoms with Crippen LogP contribution in [0.15, 0.2) is 30.3 Å². The lowest BCUT2D eigenvalue weighted by molar-refractivity contribution is -0.0548. The van der Waals surface area contributed by atoms with Crippen LogP contribution in [0.3, 0.4) is 0 Å². The topological polar surface area (TPSA) is 21.3 Å². The Kier molecular flexibility index (Phi) is 4.19. The van der Waals surface area contributed by atoms with Gasteiger partial charge in [0.1, 0.15) is 0 Å². The van der Waals surface area contributed by atoms with Crippen LogP contribution in [0.4, 0.5) is 0 Å². The fourth-order valence-corrected chi connectivity index (χ4v) is 3.58. The molecular weight excluding hydrogens is 234 g/mol. The average Bonchev–Trinajstić information content (AvgIpc) is 2.47. The summed E-state index contributed by atoms with van der Waals surface area (Å²) in [7, 11) is 0. The molecule has 4 atom stereocenters. The molecule has 2 fully saturated rings. The first-order valence-corrected chi connectivity index (χ1v) is 7.76. The maximum absolute atomic E-state index is 6.10. The first kappa shape index (κ1) is 13.1. The number of hydrogen-bond acceptors (Lipinski definition) is 2. The number of rotatable bonds is 3. The van der Waals surface area contributed by atoms with Crippen LogP contribution >= 0.6 is 0 Å². The second-order valence-electron chi connectivity index (χ2n) is 6.12. The number of ether oxygens (including phenoxy) is 1. The molecule has 1 N–H and O–H groups in total. The van der Waals surface area contributed by atoms with Crippen molar-refractivity contribution in [3.63, 3.8) is 0 Å². The van der Waals surface area contributed by atoms with Gasteiger partial charge in [0.25, 0.3) is 0 Å². The highest BCUT2D eigenvalue weighted by molar-refractivity contribution is 5.16. The molecule has 1 saturated carbocycles. The van der Waals surface area contributed by atoms with Crippen molar-refractivity contribution in [2.45, 2.75) is 57.2 Å². The number of morpholine rings is 1. The Hall–Kier alpha value is -0.860. The van der Waals surface area contributed by atoms with Gasteiger partial charge in [0.05, 0.1) is 12.7 Å². The summed E-state index contributed by atoms with van der Waals surface area (Å²) in [5, 5.41) is 3.84. The van der Waals surface area contributed by atoms with E-state index >= 15 is 0 Å². The van der Waals surface area contributed by atoms with Gasteiger partial charge >= 0.3 is 0 Å². The fraction of sp³-hybridized carbons (Fsp3) is 0.647. The van der Waals surface area contributed by atoms with Crippen LogP contribution in [-0.4, -0.2) is 24.8 Å². The van der Waals surface area contributed by atoms with Crippen molar-refractivity contribution in [2.24, 2.45) is 5.92 Å². The molecule has 1 heterocycles. The van der Waals surface area contributed by atoms with Crippen molar-refractivity contribution in [3.05, 3.63) is 35.9 Å². The molecule has 1 aromatic rings. The molecule has 0 radical (unpaired) electrons. The molecule has 104 valence electrons. The molecule has 2 nitrogen and oxygen atoms in total. The highest BCUT2D eigenvalue weighted by atomic mass is 16.5. The van der Waals surface area contributed by atoms with E-state index in [-0.39, 0.29) is 0 Å². The van der Waals surface area contributed by atoms with Gasteiger partial charge in [0.15, 0.2) is 0 Å². The summed E-state index contributed by atoms with van der Waals surface area (Å²) in [4.78, 5) is 0. The van der Waals surface area contributed by atoms with E-state index in [1.165, 1.54) is 31.2 Å². The molecule has 0 aromatic heterocycles. The van der Waals surface area contributed by atoms with E-state index in [0.29, 0.717) is 18.2 Å². The van der Waals surface area contributed by atoms with Gasteiger partial charge in [-0.25, -0.2) is 0 Å². The predicted molar refractivity (Wildman–Crippen MR) is 78.2 cm³/mol. The molecule has 1 aliphatic carbocycles. The summed E-state index contributed by atoms with van der Waals surface area (Å²) in [6, 6.07) is 11.8. The van der Waals surface area contributed by atoms with Crippen LogP contribution in [0.25, 0.3) is 0 Å². The highest BCUT2D eigenvalue weighted by Crippen LogP contribution is 2.31. The molecule has 4 unspecified atom stereocenters. The molecule has 0 bridgehead atoms. The summed E-state index contributed by atoms with van der Waals surface area (Å²) in [6.45, 7) is 3.18. The highest BCUT2D eigenvalue weighted by Gasteiger charge is 2.35. The minimum absolute atomic E-state index is 0.467. The smallest absolute Gasteiger partial charge is 0.0729 e. The molecule has 1 saturated heterocycles. The SMILES string of the molecule is CCC1CCC2OCC(Cc3ccccc3)NC2C1. The van der Waals surface area contributed by atoms with E-state index in [1.54, 1.807) is 0 Å². The normalized spacial score (nSPS) is 34.8. The molecule has 2 aliphatic rings. The van der Waals surface area contributed by atoms with Crippen molar-refractivity contribution in [2.75, 3.05) is 6.61 Å². The van der Waals surface area contributed by atoms with Crippen LogP contribution < -0.4 is 5.32 Å². The number of nitrogens with one attached hydrogen (secondary N) is 1. The minimum Gasteiger partial charge on any atom is -0.375 e. The third kappa shape index (κ3) is 3.18. The van der Waals surface area contributed by atoms with E-state index in [0.717, 1.165) is 18.9 Å². The largest absolute Gasteiger partial charge is 0.375 e. The van der Waals surface area contributed by atoms with Crippen LogP contribution in [0.1, 0.15) is 38.2 Å². The Morgan fingerprint density at radius 1 is 1.21 bits per heavy atom. The molecule has 2 heteroatoms. The first-order chi connectivity index (χ1) is 9.35. The molecule has 3 rings (SSSR count). The monoisotopic (exact) mass is 259 g/mol. The van der Waals surface area contributed by atoms with Gasteiger partial charge in [0.2, 0.25) is 0 Å². The second kappa shape index (κ2) is 6.06. The van der Waals surface area contributed by atoms with Gasteiger partial charge in [-0.15, -0.1) is 0 Å². The molecule has 0 amide bonds. The Labute approximate surface area is 116 Å². The van der Waals surface area contributed by atoms with Crippen molar-refractivity contribution in [3.8, 4) is 0 Å². The van der Waals surface area contributed by atoms with Gasteiger partial charge in [-0.2, -0.15) is 0 Å². The molecule has 1 aliphatic heterocycles. The van der Waals surface area contributed by atoms with Crippen LogP contribution in [-0.2, 0) is 11.2 Å².